The molecule has 0 spiro atoms. The highest BCUT2D eigenvalue weighted by molar-refractivity contribution is 6.30. The number of carbonyl (C=O) groups excluding carboxylic acids is 1. The molecule has 1 fully saturated rings. The number of rotatable bonds is 2. The van der Waals surface area contributed by atoms with Gasteiger partial charge in [-0.2, -0.15) is 0 Å². The number of hydrogen-bond acceptors (Lipinski definition) is 3. The number of halogens is 2. The molecule has 1 aromatic carbocycles. The number of nitrogens with two attached hydrogens (primary N) is 1. The molecule has 0 aliphatic carbocycles. The zero-order valence-corrected chi connectivity index (χ0v) is 11.4. The lowest BCUT2D eigenvalue weighted by Gasteiger charge is -2.34. The molecule has 0 bridgehead atoms. The highest BCUT2D eigenvalue weighted by Gasteiger charge is 2.28. The van der Waals surface area contributed by atoms with Gasteiger partial charge in [0.05, 0.1) is 18.3 Å². The first-order valence-corrected chi connectivity index (χ1v) is 6.48. The van der Waals surface area contributed by atoms with Gasteiger partial charge in [-0.1, -0.05) is 11.6 Å². The van der Waals surface area contributed by atoms with Crippen LogP contribution in [0.5, 0.6) is 0 Å². The van der Waals surface area contributed by atoms with Gasteiger partial charge < -0.3 is 15.4 Å². The Bertz CT molecular complexity index is 482. The number of ether oxygens (including phenoxy) is 1. The van der Waals surface area contributed by atoms with Crippen LogP contribution in [0.2, 0.25) is 5.02 Å². The fraction of sp³-hybridized carbons (Fsp3) is 0.462. The van der Waals surface area contributed by atoms with Crippen LogP contribution in [0.1, 0.15) is 17.3 Å². The molecule has 2 unspecified atom stereocenters. The van der Waals surface area contributed by atoms with E-state index in [4.69, 9.17) is 22.1 Å². The Kier molecular flexibility index (Phi) is 4.39. The van der Waals surface area contributed by atoms with Crippen LogP contribution in [0, 0.1) is 5.82 Å². The van der Waals surface area contributed by atoms with E-state index in [-0.39, 0.29) is 28.6 Å². The summed E-state index contributed by atoms with van der Waals surface area (Å²) in [5, 5.41) is 0.268. The molecule has 0 radical (unpaired) electrons. The van der Waals surface area contributed by atoms with E-state index in [0.29, 0.717) is 19.7 Å². The predicted octanol–water partition coefficient (Wildman–Crippen LogP) is 1.67. The maximum atomic E-state index is 13.7. The van der Waals surface area contributed by atoms with Crippen molar-refractivity contribution in [2.24, 2.45) is 5.73 Å². The number of nitrogens with zero attached hydrogens (tertiary/aromatic N) is 1. The Balaban J connectivity index is 2.15. The number of benzene rings is 1. The maximum Gasteiger partial charge on any atom is 0.256 e. The average molecular weight is 287 g/mol. The van der Waals surface area contributed by atoms with Gasteiger partial charge in [-0.15, -0.1) is 0 Å². The fourth-order valence-electron chi connectivity index (χ4n) is 2.01. The molecule has 1 saturated heterocycles. The summed E-state index contributed by atoms with van der Waals surface area (Å²) in [6.45, 7) is 3.04. The van der Waals surface area contributed by atoms with Crippen molar-refractivity contribution in [1.82, 2.24) is 4.90 Å². The summed E-state index contributed by atoms with van der Waals surface area (Å²) < 4.78 is 19.2. The van der Waals surface area contributed by atoms with Crippen molar-refractivity contribution in [3.05, 3.63) is 34.6 Å². The van der Waals surface area contributed by atoms with Crippen LogP contribution in [0.25, 0.3) is 0 Å². The van der Waals surface area contributed by atoms with E-state index in [2.05, 4.69) is 0 Å². The minimum absolute atomic E-state index is 0.0229. The van der Waals surface area contributed by atoms with E-state index >= 15 is 0 Å². The first-order valence-electron chi connectivity index (χ1n) is 6.10. The molecule has 2 rings (SSSR count). The lowest BCUT2D eigenvalue weighted by molar-refractivity contribution is -0.0301. The Morgan fingerprint density at radius 2 is 2.37 bits per heavy atom. The molecule has 1 heterocycles. The molecule has 2 N–H and O–H groups in total. The third-order valence-electron chi connectivity index (χ3n) is 3.13. The van der Waals surface area contributed by atoms with Crippen molar-refractivity contribution in [2.75, 3.05) is 19.7 Å². The van der Waals surface area contributed by atoms with Crippen LogP contribution in [0.3, 0.4) is 0 Å². The number of hydrogen-bond donors (Lipinski definition) is 1. The molecule has 19 heavy (non-hydrogen) atoms. The molecule has 4 nitrogen and oxygen atoms in total. The largest absolute Gasteiger partial charge is 0.373 e. The van der Waals surface area contributed by atoms with Gasteiger partial charge in [-0.25, -0.2) is 4.39 Å². The quantitative estimate of drug-likeness (QED) is 0.900. The Labute approximate surface area is 116 Å². The van der Waals surface area contributed by atoms with Crippen LogP contribution in [0.15, 0.2) is 18.2 Å². The molecule has 6 heteroatoms. The SMILES string of the molecule is CC(N)C1CN(C(=O)c2ccc(Cl)cc2F)CCO1. The number of amides is 1. The normalized spacial score (nSPS) is 21.3. The Hall–Kier alpha value is -1.17. The fourth-order valence-corrected chi connectivity index (χ4v) is 2.17. The second-order valence-corrected chi connectivity index (χ2v) is 5.08. The van der Waals surface area contributed by atoms with Crippen LogP contribution >= 0.6 is 11.6 Å². The molecule has 1 aliphatic heterocycles. The number of morpholine rings is 1. The number of carbonyl (C=O) groups is 1. The summed E-state index contributed by atoms with van der Waals surface area (Å²) in [5.41, 5.74) is 5.79. The van der Waals surface area contributed by atoms with Gasteiger partial charge in [0.25, 0.3) is 5.91 Å². The first kappa shape index (κ1) is 14.2. The van der Waals surface area contributed by atoms with Gasteiger partial charge in [0.15, 0.2) is 0 Å². The average Bonchev–Trinajstić information content (AvgIpc) is 2.38. The zero-order valence-electron chi connectivity index (χ0n) is 10.6. The second kappa shape index (κ2) is 5.86. The summed E-state index contributed by atoms with van der Waals surface area (Å²) in [4.78, 5) is 13.8. The molecular formula is C13H16ClFN2O2. The molecule has 0 saturated carbocycles. The third kappa shape index (κ3) is 3.23. The highest BCUT2D eigenvalue weighted by Crippen LogP contribution is 2.18. The standard InChI is InChI=1S/C13H16ClFN2O2/c1-8(16)12-7-17(4-5-19-12)13(18)10-3-2-9(14)6-11(10)15/h2-3,6,8,12H,4-5,7,16H2,1H3. The third-order valence-corrected chi connectivity index (χ3v) is 3.36. The minimum atomic E-state index is -0.610. The van der Waals surface area contributed by atoms with Crippen molar-refractivity contribution < 1.29 is 13.9 Å². The maximum absolute atomic E-state index is 13.7. The van der Waals surface area contributed by atoms with E-state index in [9.17, 15) is 9.18 Å². The zero-order chi connectivity index (χ0) is 14.0. The molecular weight excluding hydrogens is 271 g/mol. The van der Waals surface area contributed by atoms with Crippen LogP contribution < -0.4 is 5.73 Å². The highest BCUT2D eigenvalue weighted by atomic mass is 35.5. The van der Waals surface area contributed by atoms with Gasteiger partial charge in [0.2, 0.25) is 0 Å². The Morgan fingerprint density at radius 1 is 1.63 bits per heavy atom. The topological polar surface area (TPSA) is 55.6 Å². The van der Waals surface area contributed by atoms with Gasteiger partial charge in [0, 0.05) is 24.2 Å². The van der Waals surface area contributed by atoms with Gasteiger partial charge in [-0.05, 0) is 25.1 Å². The van der Waals surface area contributed by atoms with Crippen LogP contribution in [-0.4, -0.2) is 42.6 Å². The summed E-state index contributed by atoms with van der Waals surface area (Å²) in [6, 6.07) is 3.86. The van der Waals surface area contributed by atoms with E-state index in [1.54, 1.807) is 4.90 Å². The minimum Gasteiger partial charge on any atom is -0.373 e. The van der Waals surface area contributed by atoms with E-state index < -0.39 is 5.82 Å². The van der Waals surface area contributed by atoms with Crippen molar-refractivity contribution in [3.63, 3.8) is 0 Å². The van der Waals surface area contributed by atoms with Crippen molar-refractivity contribution in [2.45, 2.75) is 19.1 Å². The van der Waals surface area contributed by atoms with Gasteiger partial charge in [-0.3, -0.25) is 4.79 Å². The molecule has 2 atom stereocenters. The summed E-state index contributed by atoms with van der Waals surface area (Å²) in [6.07, 6.45) is -0.215. The summed E-state index contributed by atoms with van der Waals surface area (Å²) in [7, 11) is 0. The van der Waals surface area contributed by atoms with Crippen LogP contribution in [0.4, 0.5) is 4.39 Å². The van der Waals surface area contributed by atoms with Crippen LogP contribution in [-0.2, 0) is 4.74 Å². The van der Waals surface area contributed by atoms with E-state index in [0.717, 1.165) is 6.07 Å². The first-order chi connectivity index (χ1) is 8.99. The summed E-state index contributed by atoms with van der Waals surface area (Å²) in [5.74, 6) is -0.968. The van der Waals surface area contributed by atoms with E-state index in [1.807, 2.05) is 6.92 Å². The molecule has 1 amide bonds. The van der Waals surface area contributed by atoms with Crippen molar-refractivity contribution in [1.29, 1.82) is 0 Å². The molecule has 1 aromatic rings. The Morgan fingerprint density at radius 3 is 3.00 bits per heavy atom. The molecule has 1 aliphatic rings. The van der Waals surface area contributed by atoms with Crippen molar-refractivity contribution in [3.8, 4) is 0 Å². The van der Waals surface area contributed by atoms with Gasteiger partial charge >= 0.3 is 0 Å². The smallest absolute Gasteiger partial charge is 0.256 e. The van der Waals surface area contributed by atoms with E-state index in [1.165, 1.54) is 12.1 Å². The monoisotopic (exact) mass is 286 g/mol. The second-order valence-electron chi connectivity index (χ2n) is 4.64. The molecule has 0 aromatic heterocycles. The lowest BCUT2D eigenvalue weighted by atomic mass is 10.1. The van der Waals surface area contributed by atoms with Gasteiger partial charge in [0.1, 0.15) is 5.82 Å². The molecule has 104 valence electrons. The predicted molar refractivity (Wildman–Crippen MR) is 70.7 cm³/mol. The van der Waals surface area contributed by atoms with Crippen molar-refractivity contribution >= 4 is 17.5 Å². The summed E-state index contributed by atoms with van der Waals surface area (Å²) >= 11 is 5.67. The lowest BCUT2D eigenvalue weighted by Crippen LogP contribution is -2.51.